The number of benzene rings is 2. The van der Waals surface area contributed by atoms with Gasteiger partial charge in [-0.15, -0.1) is 0 Å². The molecule has 0 bridgehead atoms. The van der Waals surface area contributed by atoms with Gasteiger partial charge in [-0.2, -0.15) is 0 Å². The molecule has 1 unspecified atom stereocenters. The fourth-order valence-electron chi connectivity index (χ4n) is 3.94. The maximum absolute atomic E-state index is 13.7. The molecule has 2 aromatic carbocycles. The highest BCUT2D eigenvalue weighted by molar-refractivity contribution is 5.98. The SMILES string of the molecule is CC(Nc1cccc(F)c1)c1cc(C(=O)NCCN(C)C=O)cc2ncc(N3CCOCC3)nc12. The first-order valence-corrected chi connectivity index (χ1v) is 11.5. The van der Waals surface area contributed by atoms with E-state index in [0.717, 1.165) is 24.5 Å². The van der Waals surface area contributed by atoms with E-state index in [9.17, 15) is 14.0 Å². The topological polar surface area (TPSA) is 99.7 Å². The molecule has 0 spiro atoms. The van der Waals surface area contributed by atoms with E-state index in [1.165, 1.54) is 17.0 Å². The Morgan fingerprint density at radius 1 is 1.29 bits per heavy atom. The van der Waals surface area contributed by atoms with Crippen LogP contribution in [-0.2, 0) is 9.53 Å². The van der Waals surface area contributed by atoms with Crippen LogP contribution < -0.4 is 15.5 Å². The molecule has 2 N–H and O–H groups in total. The minimum absolute atomic E-state index is 0.274. The van der Waals surface area contributed by atoms with Crippen molar-refractivity contribution in [2.75, 3.05) is 56.7 Å². The number of morpholine rings is 1. The van der Waals surface area contributed by atoms with E-state index in [0.29, 0.717) is 55.0 Å². The number of fused-ring (bicyclic) bond motifs is 1. The maximum atomic E-state index is 13.7. The highest BCUT2D eigenvalue weighted by Gasteiger charge is 2.19. The second-order valence-electron chi connectivity index (χ2n) is 8.48. The molecule has 1 fully saturated rings. The van der Waals surface area contributed by atoms with Crippen LogP contribution >= 0.6 is 0 Å². The number of nitrogens with zero attached hydrogens (tertiary/aromatic N) is 4. The molecule has 2 heterocycles. The highest BCUT2D eigenvalue weighted by atomic mass is 19.1. The number of ether oxygens (including phenoxy) is 1. The zero-order valence-corrected chi connectivity index (χ0v) is 19.8. The van der Waals surface area contributed by atoms with Crippen molar-refractivity contribution in [3.8, 4) is 0 Å². The smallest absolute Gasteiger partial charge is 0.251 e. The number of hydrogen-bond donors (Lipinski definition) is 2. The Kier molecular flexibility index (Phi) is 7.71. The standard InChI is InChI=1S/C25H29FN6O3/c1-17(29-20-5-3-4-19(26)14-20)21-12-18(25(34)27-6-7-31(2)16-33)13-22-24(21)30-23(15-28-22)32-8-10-35-11-9-32/h3-5,12-17,29H,6-11H2,1-2H3,(H,27,34). The molecule has 1 saturated heterocycles. The molecule has 1 aliphatic rings. The lowest BCUT2D eigenvalue weighted by molar-refractivity contribution is -0.116. The molecular formula is C25H29FN6O3. The number of rotatable bonds is 9. The van der Waals surface area contributed by atoms with Gasteiger partial charge in [0.25, 0.3) is 5.91 Å². The molecule has 0 saturated carbocycles. The summed E-state index contributed by atoms with van der Waals surface area (Å²) in [4.78, 5) is 36.8. The fourth-order valence-corrected chi connectivity index (χ4v) is 3.94. The van der Waals surface area contributed by atoms with Crippen molar-refractivity contribution >= 4 is 34.9 Å². The number of likely N-dealkylation sites (N-methyl/N-ethyl adjacent to an activating group) is 1. The summed E-state index contributed by atoms with van der Waals surface area (Å²) >= 11 is 0. The van der Waals surface area contributed by atoms with Gasteiger partial charge in [0, 0.05) is 50.0 Å². The highest BCUT2D eigenvalue weighted by Crippen LogP contribution is 2.28. The summed E-state index contributed by atoms with van der Waals surface area (Å²) in [6.45, 7) is 5.36. The van der Waals surface area contributed by atoms with Gasteiger partial charge in [0.1, 0.15) is 11.6 Å². The second kappa shape index (κ2) is 11.1. The average Bonchev–Trinajstić information content (AvgIpc) is 2.88. The van der Waals surface area contributed by atoms with Crippen molar-refractivity contribution < 1.29 is 18.7 Å². The van der Waals surface area contributed by atoms with Gasteiger partial charge in [0.15, 0.2) is 0 Å². The molecule has 2 amide bonds. The quantitative estimate of drug-likeness (QED) is 0.454. The number of anilines is 2. The number of halogens is 1. The monoisotopic (exact) mass is 480 g/mol. The van der Waals surface area contributed by atoms with Gasteiger partial charge >= 0.3 is 0 Å². The number of aromatic nitrogens is 2. The Morgan fingerprint density at radius 2 is 2.09 bits per heavy atom. The Bertz CT molecular complexity index is 1200. The molecule has 1 atom stereocenters. The third-order valence-electron chi connectivity index (χ3n) is 5.87. The lowest BCUT2D eigenvalue weighted by Crippen LogP contribution is -2.36. The van der Waals surface area contributed by atoms with Crippen LogP contribution in [0.25, 0.3) is 11.0 Å². The first kappa shape index (κ1) is 24.3. The van der Waals surface area contributed by atoms with Crippen LogP contribution in [0.2, 0.25) is 0 Å². The summed E-state index contributed by atoms with van der Waals surface area (Å²) < 4.78 is 19.2. The predicted molar refractivity (Wildman–Crippen MR) is 132 cm³/mol. The Labute approximate surface area is 203 Å². The minimum atomic E-state index is -0.338. The van der Waals surface area contributed by atoms with E-state index in [1.807, 2.05) is 6.92 Å². The Hall–Kier alpha value is -3.79. The zero-order valence-electron chi connectivity index (χ0n) is 19.8. The van der Waals surface area contributed by atoms with Crippen molar-refractivity contribution in [3.63, 3.8) is 0 Å². The van der Waals surface area contributed by atoms with E-state index >= 15 is 0 Å². The normalized spacial score (nSPS) is 14.4. The molecule has 3 aromatic rings. The molecule has 0 aliphatic carbocycles. The van der Waals surface area contributed by atoms with Gasteiger partial charge in [-0.25, -0.2) is 9.37 Å². The van der Waals surface area contributed by atoms with Crippen molar-refractivity contribution in [1.82, 2.24) is 20.2 Å². The number of nitrogens with one attached hydrogen (secondary N) is 2. The van der Waals surface area contributed by atoms with E-state index in [1.54, 1.807) is 37.5 Å². The summed E-state index contributed by atoms with van der Waals surface area (Å²) in [5.41, 5.74) is 3.08. The molecule has 10 heteroatoms. The van der Waals surface area contributed by atoms with Crippen LogP contribution in [0.4, 0.5) is 15.9 Å². The fraction of sp³-hybridized carbons (Fsp3) is 0.360. The number of amides is 2. The van der Waals surface area contributed by atoms with Crippen molar-refractivity contribution in [2.45, 2.75) is 13.0 Å². The van der Waals surface area contributed by atoms with Crippen molar-refractivity contribution in [1.29, 1.82) is 0 Å². The van der Waals surface area contributed by atoms with Gasteiger partial charge in [0.2, 0.25) is 6.41 Å². The zero-order chi connectivity index (χ0) is 24.8. The molecule has 184 valence electrons. The van der Waals surface area contributed by atoms with Crippen LogP contribution in [0.15, 0.2) is 42.6 Å². The van der Waals surface area contributed by atoms with Crippen molar-refractivity contribution in [3.05, 3.63) is 59.5 Å². The van der Waals surface area contributed by atoms with Gasteiger partial charge < -0.3 is 25.2 Å². The predicted octanol–water partition coefficient (Wildman–Crippen LogP) is 2.60. The third kappa shape index (κ3) is 6.02. The summed E-state index contributed by atoms with van der Waals surface area (Å²) in [6.07, 6.45) is 2.42. The largest absolute Gasteiger partial charge is 0.378 e. The number of hydrogen-bond acceptors (Lipinski definition) is 7. The number of carbonyl (C=O) groups is 2. The van der Waals surface area contributed by atoms with E-state index in [2.05, 4.69) is 20.5 Å². The van der Waals surface area contributed by atoms with E-state index < -0.39 is 0 Å². The van der Waals surface area contributed by atoms with E-state index in [-0.39, 0.29) is 17.8 Å². The molecule has 4 rings (SSSR count). The summed E-state index contributed by atoms with van der Waals surface area (Å²) in [7, 11) is 1.65. The van der Waals surface area contributed by atoms with Gasteiger partial charge in [0.05, 0.1) is 36.5 Å². The van der Waals surface area contributed by atoms with Gasteiger partial charge in [-0.1, -0.05) is 6.07 Å². The second-order valence-corrected chi connectivity index (χ2v) is 8.48. The van der Waals surface area contributed by atoms with Gasteiger partial charge in [-0.3, -0.25) is 14.6 Å². The van der Waals surface area contributed by atoms with Crippen LogP contribution in [0.3, 0.4) is 0 Å². The third-order valence-corrected chi connectivity index (χ3v) is 5.87. The van der Waals surface area contributed by atoms with Crippen LogP contribution in [-0.4, -0.2) is 73.6 Å². The van der Waals surface area contributed by atoms with Crippen molar-refractivity contribution in [2.24, 2.45) is 0 Å². The molecule has 35 heavy (non-hydrogen) atoms. The lowest BCUT2D eigenvalue weighted by Gasteiger charge is -2.28. The Balaban J connectivity index is 1.68. The Morgan fingerprint density at radius 3 is 2.83 bits per heavy atom. The lowest BCUT2D eigenvalue weighted by atomic mass is 10.0. The minimum Gasteiger partial charge on any atom is -0.378 e. The average molecular weight is 481 g/mol. The molecule has 0 radical (unpaired) electrons. The summed E-state index contributed by atoms with van der Waals surface area (Å²) in [6, 6.07) is 9.44. The van der Waals surface area contributed by atoms with Gasteiger partial charge in [-0.05, 0) is 37.3 Å². The molecule has 9 nitrogen and oxygen atoms in total. The maximum Gasteiger partial charge on any atom is 0.251 e. The molecular weight excluding hydrogens is 451 g/mol. The summed E-state index contributed by atoms with van der Waals surface area (Å²) in [5, 5.41) is 6.14. The van der Waals surface area contributed by atoms with Crippen LogP contribution in [0.5, 0.6) is 0 Å². The van der Waals surface area contributed by atoms with E-state index in [4.69, 9.17) is 9.72 Å². The first-order valence-electron chi connectivity index (χ1n) is 11.5. The summed E-state index contributed by atoms with van der Waals surface area (Å²) in [5.74, 6) is 0.133. The first-order chi connectivity index (χ1) is 16.9. The van der Waals surface area contributed by atoms with Crippen LogP contribution in [0, 0.1) is 5.82 Å². The molecule has 1 aliphatic heterocycles. The molecule has 1 aromatic heterocycles. The number of carbonyl (C=O) groups excluding carboxylic acids is 2. The van der Waals surface area contributed by atoms with Crippen LogP contribution in [0.1, 0.15) is 28.9 Å².